The summed E-state index contributed by atoms with van der Waals surface area (Å²) in [6.07, 6.45) is 3.08. The number of hydrogen-bond acceptors (Lipinski definition) is 4. The van der Waals surface area contributed by atoms with Gasteiger partial charge in [-0.2, -0.15) is 4.31 Å². The summed E-state index contributed by atoms with van der Waals surface area (Å²) in [6, 6.07) is 7.83. The highest BCUT2D eigenvalue weighted by molar-refractivity contribution is 7.89. The molecule has 2 heterocycles. The normalized spacial score (nSPS) is 15.7. The summed E-state index contributed by atoms with van der Waals surface area (Å²) in [5.41, 5.74) is 0. The number of aromatic nitrogens is 1. The van der Waals surface area contributed by atoms with Crippen LogP contribution in [-0.2, 0) is 10.0 Å². The SMILES string of the molecule is O=S(=O)(c1ccc(Oc2ccc(Cl)cc2Cl)nc1)N1CCCC1. The highest BCUT2D eigenvalue weighted by Gasteiger charge is 2.27. The van der Waals surface area contributed by atoms with Crippen molar-refractivity contribution in [3.63, 3.8) is 0 Å². The quantitative estimate of drug-likeness (QED) is 0.814. The zero-order valence-electron chi connectivity index (χ0n) is 12.1. The van der Waals surface area contributed by atoms with E-state index in [0.717, 1.165) is 12.8 Å². The van der Waals surface area contributed by atoms with Crippen LogP contribution in [0.5, 0.6) is 11.6 Å². The molecule has 0 unspecified atom stereocenters. The maximum Gasteiger partial charge on any atom is 0.244 e. The van der Waals surface area contributed by atoms with Crippen LogP contribution in [-0.4, -0.2) is 30.8 Å². The van der Waals surface area contributed by atoms with Crippen LogP contribution >= 0.6 is 23.2 Å². The number of sulfonamides is 1. The van der Waals surface area contributed by atoms with Gasteiger partial charge in [0.05, 0.1) is 11.2 Å². The van der Waals surface area contributed by atoms with Crippen LogP contribution in [0, 0.1) is 0 Å². The maximum atomic E-state index is 12.4. The first-order chi connectivity index (χ1) is 11.0. The minimum absolute atomic E-state index is 0.161. The van der Waals surface area contributed by atoms with Gasteiger partial charge in [0.25, 0.3) is 0 Å². The zero-order valence-corrected chi connectivity index (χ0v) is 14.4. The van der Waals surface area contributed by atoms with Crippen molar-refractivity contribution in [3.05, 3.63) is 46.6 Å². The average Bonchev–Trinajstić information content (AvgIpc) is 3.06. The van der Waals surface area contributed by atoms with Crippen molar-refractivity contribution in [1.82, 2.24) is 9.29 Å². The van der Waals surface area contributed by atoms with E-state index < -0.39 is 10.0 Å². The van der Waals surface area contributed by atoms with Gasteiger partial charge in [-0.15, -0.1) is 0 Å². The molecule has 1 fully saturated rings. The molecule has 122 valence electrons. The van der Waals surface area contributed by atoms with Crippen LogP contribution in [0.2, 0.25) is 10.0 Å². The molecule has 1 saturated heterocycles. The summed E-state index contributed by atoms with van der Waals surface area (Å²) in [6.45, 7) is 1.11. The minimum atomic E-state index is -3.47. The van der Waals surface area contributed by atoms with Gasteiger partial charge in [-0.25, -0.2) is 13.4 Å². The second-order valence-corrected chi connectivity index (χ2v) is 7.90. The van der Waals surface area contributed by atoms with Gasteiger partial charge in [-0.05, 0) is 37.1 Å². The summed E-state index contributed by atoms with van der Waals surface area (Å²) in [4.78, 5) is 4.22. The van der Waals surface area contributed by atoms with Gasteiger partial charge in [0, 0.05) is 24.2 Å². The van der Waals surface area contributed by atoms with Crippen LogP contribution in [0.3, 0.4) is 0 Å². The lowest BCUT2D eigenvalue weighted by Gasteiger charge is -2.15. The van der Waals surface area contributed by atoms with Gasteiger partial charge in [0.15, 0.2) is 0 Å². The summed E-state index contributed by atoms with van der Waals surface area (Å²) in [5.74, 6) is 0.660. The zero-order chi connectivity index (χ0) is 16.4. The van der Waals surface area contributed by atoms with E-state index in [4.69, 9.17) is 27.9 Å². The molecule has 1 aliphatic heterocycles. The van der Waals surface area contributed by atoms with Gasteiger partial charge < -0.3 is 4.74 Å². The first-order valence-electron chi connectivity index (χ1n) is 7.06. The Morgan fingerprint density at radius 2 is 1.83 bits per heavy atom. The van der Waals surface area contributed by atoms with E-state index in [1.54, 1.807) is 18.2 Å². The van der Waals surface area contributed by atoms with Crippen molar-refractivity contribution in [2.75, 3.05) is 13.1 Å². The Kier molecular flexibility index (Phi) is 4.77. The molecule has 5 nitrogen and oxygen atoms in total. The van der Waals surface area contributed by atoms with Gasteiger partial charge in [-0.1, -0.05) is 23.2 Å². The molecule has 3 rings (SSSR count). The number of rotatable bonds is 4. The molecule has 1 aromatic carbocycles. The van der Waals surface area contributed by atoms with Crippen LogP contribution in [0.1, 0.15) is 12.8 Å². The predicted molar refractivity (Wildman–Crippen MR) is 88.8 cm³/mol. The van der Waals surface area contributed by atoms with Crippen molar-refractivity contribution >= 4 is 33.2 Å². The van der Waals surface area contributed by atoms with E-state index >= 15 is 0 Å². The lowest BCUT2D eigenvalue weighted by atomic mass is 10.3. The Labute approximate surface area is 144 Å². The minimum Gasteiger partial charge on any atom is -0.437 e. The molecule has 2 aromatic rings. The standard InChI is InChI=1S/C15H14Cl2N2O3S/c16-11-3-5-14(13(17)9-11)22-15-6-4-12(10-18-15)23(20,21)19-7-1-2-8-19/h3-6,9-10H,1-2,7-8H2. The summed E-state index contributed by atoms with van der Waals surface area (Å²) in [5, 5.41) is 0.857. The van der Waals surface area contributed by atoms with Crippen LogP contribution < -0.4 is 4.74 Å². The largest absolute Gasteiger partial charge is 0.437 e. The van der Waals surface area contributed by atoms with Crippen LogP contribution in [0.4, 0.5) is 0 Å². The fraction of sp³-hybridized carbons (Fsp3) is 0.267. The van der Waals surface area contributed by atoms with Crippen molar-refractivity contribution < 1.29 is 13.2 Å². The molecule has 0 radical (unpaired) electrons. The second kappa shape index (κ2) is 6.65. The molecule has 23 heavy (non-hydrogen) atoms. The maximum absolute atomic E-state index is 12.4. The van der Waals surface area contributed by atoms with Gasteiger partial charge in [0.2, 0.25) is 15.9 Å². The molecule has 0 atom stereocenters. The number of benzene rings is 1. The second-order valence-electron chi connectivity index (χ2n) is 5.12. The Morgan fingerprint density at radius 1 is 1.09 bits per heavy atom. The van der Waals surface area contributed by atoms with E-state index in [2.05, 4.69) is 4.98 Å². The summed E-state index contributed by atoms with van der Waals surface area (Å²) in [7, 11) is -3.47. The number of halogens is 2. The molecule has 0 N–H and O–H groups in total. The van der Waals surface area contributed by atoms with E-state index in [9.17, 15) is 8.42 Å². The molecule has 0 amide bonds. The molecular formula is C15H14Cl2N2O3S. The number of pyridine rings is 1. The van der Waals surface area contributed by atoms with E-state index in [1.807, 2.05) is 0 Å². The third-order valence-electron chi connectivity index (χ3n) is 3.52. The Morgan fingerprint density at radius 3 is 2.43 bits per heavy atom. The highest BCUT2D eigenvalue weighted by Crippen LogP contribution is 2.31. The van der Waals surface area contributed by atoms with Gasteiger partial charge in [-0.3, -0.25) is 0 Å². The first kappa shape index (κ1) is 16.5. The molecule has 1 aromatic heterocycles. The van der Waals surface area contributed by atoms with Gasteiger partial charge >= 0.3 is 0 Å². The third kappa shape index (κ3) is 3.61. The predicted octanol–water partition coefficient (Wildman–Crippen LogP) is 3.97. The Hall–Kier alpha value is -1.34. The molecule has 1 aliphatic rings. The fourth-order valence-corrected chi connectivity index (χ4v) is 4.24. The molecule has 0 bridgehead atoms. The van der Waals surface area contributed by atoms with Crippen LogP contribution in [0.25, 0.3) is 0 Å². The van der Waals surface area contributed by atoms with E-state index in [0.29, 0.717) is 28.9 Å². The van der Waals surface area contributed by atoms with Gasteiger partial charge in [0.1, 0.15) is 10.6 Å². The smallest absolute Gasteiger partial charge is 0.244 e. The monoisotopic (exact) mass is 372 g/mol. The van der Waals surface area contributed by atoms with Crippen molar-refractivity contribution in [2.24, 2.45) is 0 Å². The van der Waals surface area contributed by atoms with Crippen molar-refractivity contribution in [2.45, 2.75) is 17.7 Å². The Balaban J connectivity index is 1.79. The fourth-order valence-electron chi connectivity index (χ4n) is 2.33. The Bertz CT molecular complexity index is 804. The molecular weight excluding hydrogens is 359 g/mol. The van der Waals surface area contributed by atoms with E-state index in [-0.39, 0.29) is 10.8 Å². The molecule has 0 spiro atoms. The van der Waals surface area contributed by atoms with E-state index in [1.165, 1.54) is 22.6 Å². The highest BCUT2D eigenvalue weighted by atomic mass is 35.5. The number of nitrogens with zero attached hydrogens (tertiary/aromatic N) is 2. The van der Waals surface area contributed by atoms with Crippen LogP contribution in [0.15, 0.2) is 41.4 Å². The number of hydrogen-bond donors (Lipinski definition) is 0. The topological polar surface area (TPSA) is 59.5 Å². The summed E-state index contributed by atoms with van der Waals surface area (Å²) < 4.78 is 31.8. The molecule has 0 aliphatic carbocycles. The molecule has 0 saturated carbocycles. The third-order valence-corrected chi connectivity index (χ3v) is 5.93. The van der Waals surface area contributed by atoms with Crippen molar-refractivity contribution in [3.8, 4) is 11.6 Å². The lowest BCUT2D eigenvalue weighted by Crippen LogP contribution is -2.27. The lowest BCUT2D eigenvalue weighted by molar-refractivity contribution is 0.460. The molecule has 8 heteroatoms. The number of ether oxygens (including phenoxy) is 1. The summed E-state index contributed by atoms with van der Waals surface area (Å²) >= 11 is 11.9. The average molecular weight is 373 g/mol. The first-order valence-corrected chi connectivity index (χ1v) is 9.25. The van der Waals surface area contributed by atoms with Crippen molar-refractivity contribution in [1.29, 1.82) is 0 Å².